The molecule has 0 radical (unpaired) electrons. The predicted molar refractivity (Wildman–Crippen MR) is 248 cm³/mol. The molecule has 0 spiro atoms. The summed E-state index contributed by atoms with van der Waals surface area (Å²) in [7, 11) is 0. The fourth-order valence-electron chi connectivity index (χ4n) is 11.4. The minimum absolute atomic E-state index is 0.0129. The van der Waals surface area contributed by atoms with Crippen molar-refractivity contribution in [3.05, 3.63) is 194 Å². The van der Waals surface area contributed by atoms with Crippen molar-refractivity contribution in [1.82, 2.24) is 0 Å². The Bertz CT molecular complexity index is 3210. The lowest BCUT2D eigenvalue weighted by atomic mass is 9.71. The van der Waals surface area contributed by atoms with Gasteiger partial charge >= 0.3 is 0 Å². The summed E-state index contributed by atoms with van der Waals surface area (Å²) in [5, 5.41) is 10.4. The zero-order valence-corrected chi connectivity index (χ0v) is 33.0. The van der Waals surface area contributed by atoms with Crippen molar-refractivity contribution < 1.29 is 0 Å². The van der Waals surface area contributed by atoms with E-state index in [1.807, 2.05) is 0 Å². The van der Waals surface area contributed by atoms with E-state index >= 15 is 0 Å². The molecule has 2 unspecified atom stereocenters. The molecule has 0 saturated heterocycles. The lowest BCUT2D eigenvalue weighted by Crippen LogP contribution is -2.48. The van der Waals surface area contributed by atoms with Gasteiger partial charge in [0.15, 0.2) is 0 Å². The van der Waals surface area contributed by atoms with Crippen molar-refractivity contribution in [2.75, 3.05) is 4.90 Å². The molecule has 1 aliphatic carbocycles. The number of para-hydroxylation sites is 1. The molecule has 0 bridgehead atoms. The van der Waals surface area contributed by atoms with Gasteiger partial charge in [0.05, 0.1) is 5.54 Å². The SMILES string of the molecule is CC12CCCC1(C)N(c1ccccc1)c1ccc(-c3cc(-c4ccccc4)c4ccc5c(-c6cccc7ccccc67)cc(-c6ccccc6)c6ccc3c4c65)cc12. The average molecular weight is 742 g/mol. The maximum atomic E-state index is 2.67. The van der Waals surface area contributed by atoms with Crippen LogP contribution in [0.5, 0.6) is 0 Å². The highest BCUT2D eigenvalue weighted by Gasteiger charge is 2.59. The Labute approximate surface area is 340 Å². The molecule has 1 heterocycles. The summed E-state index contributed by atoms with van der Waals surface area (Å²) in [5.74, 6) is 0. The largest absolute Gasteiger partial charge is 0.334 e. The van der Waals surface area contributed by atoms with Crippen LogP contribution in [0.2, 0.25) is 0 Å². The molecule has 2 atom stereocenters. The van der Waals surface area contributed by atoms with Crippen LogP contribution in [-0.2, 0) is 5.41 Å². The van der Waals surface area contributed by atoms with Gasteiger partial charge in [-0.3, -0.25) is 0 Å². The highest BCUT2D eigenvalue weighted by molar-refractivity contribution is 6.32. The Hall–Kier alpha value is -6.70. The molecule has 12 rings (SSSR count). The molecule has 0 N–H and O–H groups in total. The quantitative estimate of drug-likeness (QED) is 0.159. The third-order valence-electron chi connectivity index (χ3n) is 14.3. The second-order valence-electron chi connectivity index (χ2n) is 17.1. The minimum Gasteiger partial charge on any atom is -0.334 e. The van der Waals surface area contributed by atoms with E-state index in [1.165, 1.54) is 124 Å². The average Bonchev–Trinajstić information content (AvgIpc) is 3.69. The molecule has 1 nitrogen and oxygen atoms in total. The first-order valence-electron chi connectivity index (χ1n) is 20.9. The van der Waals surface area contributed by atoms with Gasteiger partial charge in [0.25, 0.3) is 0 Å². The minimum atomic E-state index is 0.0129. The molecule has 58 heavy (non-hydrogen) atoms. The molecule has 1 fully saturated rings. The number of hydrogen-bond donors (Lipinski definition) is 0. The number of anilines is 2. The fourth-order valence-corrected chi connectivity index (χ4v) is 11.4. The van der Waals surface area contributed by atoms with E-state index in [4.69, 9.17) is 0 Å². The Morgan fingerprint density at radius 1 is 0.397 bits per heavy atom. The van der Waals surface area contributed by atoms with Gasteiger partial charge in [0.2, 0.25) is 0 Å². The van der Waals surface area contributed by atoms with E-state index in [0.717, 1.165) is 0 Å². The number of fused-ring (bicyclic) bond motifs is 4. The van der Waals surface area contributed by atoms with Crippen LogP contribution in [0.25, 0.3) is 87.6 Å². The number of hydrogen-bond acceptors (Lipinski definition) is 1. The lowest BCUT2D eigenvalue weighted by Gasteiger charge is -2.42. The highest BCUT2D eigenvalue weighted by Crippen LogP contribution is 2.63. The topological polar surface area (TPSA) is 3.24 Å². The van der Waals surface area contributed by atoms with Crippen LogP contribution in [0.4, 0.5) is 11.4 Å². The zero-order chi connectivity index (χ0) is 38.6. The van der Waals surface area contributed by atoms with Crippen molar-refractivity contribution in [2.45, 2.75) is 44.1 Å². The van der Waals surface area contributed by atoms with Crippen molar-refractivity contribution >= 4 is 54.5 Å². The Balaban J connectivity index is 1.19. The van der Waals surface area contributed by atoms with E-state index in [1.54, 1.807) is 0 Å². The fraction of sp³-hybridized carbons (Fsp3) is 0.123. The van der Waals surface area contributed by atoms with E-state index < -0.39 is 0 Å². The number of rotatable bonds is 5. The molecule has 1 saturated carbocycles. The predicted octanol–water partition coefficient (Wildman–Crippen LogP) is 15.8. The monoisotopic (exact) mass is 741 g/mol. The molecule has 2 aliphatic rings. The number of benzene rings is 10. The molecule has 1 heteroatoms. The molecule has 0 aromatic heterocycles. The highest BCUT2D eigenvalue weighted by atomic mass is 15.3. The van der Waals surface area contributed by atoms with Gasteiger partial charge in [-0.05, 0) is 149 Å². The molecular formula is C57H43N. The van der Waals surface area contributed by atoms with Crippen LogP contribution in [0.3, 0.4) is 0 Å². The van der Waals surface area contributed by atoms with Crippen LogP contribution in [0, 0.1) is 0 Å². The van der Waals surface area contributed by atoms with Gasteiger partial charge in [-0.1, -0.05) is 165 Å². The summed E-state index contributed by atoms with van der Waals surface area (Å²) in [5.41, 5.74) is 14.3. The first-order valence-corrected chi connectivity index (χ1v) is 20.9. The van der Waals surface area contributed by atoms with Gasteiger partial charge < -0.3 is 4.90 Å². The van der Waals surface area contributed by atoms with Crippen molar-refractivity contribution in [1.29, 1.82) is 0 Å². The molecule has 1 aliphatic heterocycles. The second-order valence-corrected chi connectivity index (χ2v) is 17.1. The van der Waals surface area contributed by atoms with E-state index in [2.05, 4.69) is 207 Å². The lowest BCUT2D eigenvalue weighted by molar-refractivity contribution is 0.330. The molecular weight excluding hydrogens is 699 g/mol. The summed E-state index contributed by atoms with van der Waals surface area (Å²) < 4.78 is 0. The van der Waals surface area contributed by atoms with Gasteiger partial charge in [0.1, 0.15) is 0 Å². The third kappa shape index (κ3) is 4.59. The third-order valence-corrected chi connectivity index (χ3v) is 14.3. The van der Waals surface area contributed by atoms with Crippen LogP contribution in [0.1, 0.15) is 38.7 Å². The van der Waals surface area contributed by atoms with E-state index in [9.17, 15) is 0 Å². The first kappa shape index (κ1) is 33.4. The molecule has 10 aromatic rings. The Morgan fingerprint density at radius 3 is 1.59 bits per heavy atom. The molecule has 10 aromatic carbocycles. The van der Waals surface area contributed by atoms with Crippen LogP contribution < -0.4 is 4.90 Å². The smallest absolute Gasteiger partial charge is 0.0517 e. The van der Waals surface area contributed by atoms with E-state index in [0.29, 0.717) is 0 Å². The normalized spacial score (nSPS) is 18.8. The van der Waals surface area contributed by atoms with Gasteiger partial charge in [-0.25, -0.2) is 0 Å². The van der Waals surface area contributed by atoms with Crippen molar-refractivity contribution in [2.24, 2.45) is 0 Å². The van der Waals surface area contributed by atoms with Crippen molar-refractivity contribution in [3.63, 3.8) is 0 Å². The van der Waals surface area contributed by atoms with Crippen LogP contribution >= 0.6 is 0 Å². The van der Waals surface area contributed by atoms with Crippen LogP contribution in [-0.4, -0.2) is 5.54 Å². The Kier molecular flexibility index (Phi) is 7.15. The number of nitrogens with zero attached hydrogens (tertiary/aromatic N) is 1. The summed E-state index contributed by atoms with van der Waals surface area (Å²) in [6.07, 6.45) is 3.61. The maximum Gasteiger partial charge on any atom is 0.0517 e. The van der Waals surface area contributed by atoms with Gasteiger partial charge in [0, 0.05) is 16.8 Å². The van der Waals surface area contributed by atoms with Crippen LogP contribution in [0.15, 0.2) is 188 Å². The summed E-state index contributed by atoms with van der Waals surface area (Å²) in [6, 6.07) is 70.6. The zero-order valence-electron chi connectivity index (χ0n) is 33.0. The van der Waals surface area contributed by atoms with Gasteiger partial charge in [-0.15, -0.1) is 0 Å². The second kappa shape index (κ2) is 12.4. The summed E-state index contributed by atoms with van der Waals surface area (Å²) >= 11 is 0. The first-order chi connectivity index (χ1) is 28.5. The summed E-state index contributed by atoms with van der Waals surface area (Å²) in [4.78, 5) is 2.67. The maximum absolute atomic E-state index is 2.67. The summed E-state index contributed by atoms with van der Waals surface area (Å²) in [6.45, 7) is 5.04. The molecule has 276 valence electrons. The van der Waals surface area contributed by atoms with Gasteiger partial charge in [-0.2, -0.15) is 0 Å². The van der Waals surface area contributed by atoms with Crippen molar-refractivity contribution in [3.8, 4) is 44.5 Å². The van der Waals surface area contributed by atoms with E-state index in [-0.39, 0.29) is 11.0 Å². The standard InChI is InChI=1S/C57H43N/c1-56-32-15-33-57(56,2)58(41-22-10-5-11-23-41)53-31-26-40(34-52(53)56)50-35-48(38-16-6-3-7-17-38)44-29-30-47-51(43-25-14-21-37-20-12-13-24-42(37)43)36-49(39-18-8-4-9-19-39)45-27-28-46(50)54(44)55(45)47/h3-14,16-31,34-36H,15,32-33H2,1-2H3. The Morgan fingerprint density at radius 2 is 0.931 bits per heavy atom. The molecule has 0 amide bonds.